The van der Waals surface area contributed by atoms with Crippen LogP contribution in [0.1, 0.15) is 55.1 Å². The van der Waals surface area contributed by atoms with E-state index in [2.05, 4.69) is 6.92 Å². The van der Waals surface area contributed by atoms with E-state index in [4.69, 9.17) is 10.2 Å². The molecule has 0 aliphatic heterocycles. The third kappa shape index (κ3) is 6.35. The van der Waals surface area contributed by atoms with Crippen molar-refractivity contribution in [3.63, 3.8) is 0 Å². The van der Waals surface area contributed by atoms with Crippen LogP contribution >= 0.6 is 0 Å². The quantitative estimate of drug-likeness (QED) is 0.463. The molecule has 1 aromatic heterocycles. The topological polar surface area (TPSA) is 61.4 Å². The van der Waals surface area contributed by atoms with Crippen LogP contribution in [0.5, 0.6) is 0 Å². The maximum absolute atomic E-state index is 11.0. The van der Waals surface area contributed by atoms with Crippen LogP contribution in [0.3, 0.4) is 0 Å². The number of aryl methyl sites for hydroxylation is 2. The number of rotatable bonds is 9. The summed E-state index contributed by atoms with van der Waals surface area (Å²) in [5.74, 6) is -0.893. The molecule has 0 saturated carbocycles. The number of carbonyl (C=O) groups is 1. The van der Waals surface area contributed by atoms with Gasteiger partial charge in [-0.25, -0.2) is 9.36 Å². The lowest BCUT2D eigenvalue weighted by atomic mass is 10.1. The van der Waals surface area contributed by atoms with E-state index >= 15 is 0 Å². The van der Waals surface area contributed by atoms with Gasteiger partial charge in [-0.05, 0) is 18.9 Å². The molecule has 2 N–H and O–H groups in total. The lowest BCUT2D eigenvalue weighted by molar-refractivity contribution is -0.704. The summed E-state index contributed by atoms with van der Waals surface area (Å²) in [5, 5.41) is 17.9. The monoisotopic (exact) mass is 301 g/mol. The Morgan fingerprint density at radius 1 is 1.20 bits per heavy atom. The van der Waals surface area contributed by atoms with E-state index in [0.717, 1.165) is 25.1 Å². The molecule has 0 radical (unpaired) electrons. The fraction of sp³-hybridized carbons (Fsp3) is 0.600. The Morgan fingerprint density at radius 2 is 1.95 bits per heavy atom. The number of carboxylic acids is 1. The number of aliphatic hydroxyl groups is 1. The number of aromatic carboxylic acids is 1. The Labute approximate surface area is 126 Å². The molecule has 0 aliphatic rings. The molecule has 0 fully saturated rings. The van der Waals surface area contributed by atoms with Gasteiger partial charge in [0.05, 0.1) is 0 Å². The van der Waals surface area contributed by atoms with Gasteiger partial charge in [-0.2, -0.15) is 0 Å². The smallest absolute Gasteiger partial charge is 0.341 e. The SMILES string of the molecule is CCCCCC[n+]1cc(C(=O)O)ccc1CCCO.[Cl-]. The summed E-state index contributed by atoms with van der Waals surface area (Å²) in [6, 6.07) is 3.50. The molecule has 0 atom stereocenters. The summed E-state index contributed by atoms with van der Waals surface area (Å²) in [6.45, 7) is 3.18. The van der Waals surface area contributed by atoms with Crippen molar-refractivity contribution in [1.82, 2.24) is 0 Å². The van der Waals surface area contributed by atoms with Gasteiger partial charge in [0, 0.05) is 25.5 Å². The summed E-state index contributed by atoms with van der Waals surface area (Å²) >= 11 is 0. The van der Waals surface area contributed by atoms with Crippen molar-refractivity contribution < 1.29 is 32.0 Å². The van der Waals surface area contributed by atoms with E-state index in [1.54, 1.807) is 12.3 Å². The zero-order valence-electron chi connectivity index (χ0n) is 12.0. The maximum Gasteiger partial charge on any atom is 0.341 e. The summed E-state index contributed by atoms with van der Waals surface area (Å²) in [7, 11) is 0. The third-order valence-electron chi connectivity index (χ3n) is 3.21. The molecule has 114 valence electrons. The maximum atomic E-state index is 11.0. The van der Waals surface area contributed by atoms with Crippen LogP contribution in [0.4, 0.5) is 0 Å². The van der Waals surface area contributed by atoms with E-state index in [1.807, 2.05) is 10.6 Å². The van der Waals surface area contributed by atoms with Crippen molar-refractivity contribution >= 4 is 5.97 Å². The number of nitrogens with zero attached hydrogens (tertiary/aromatic N) is 1. The molecule has 4 nitrogen and oxygen atoms in total. The minimum absolute atomic E-state index is 0. The number of hydrogen-bond donors (Lipinski definition) is 2. The highest BCUT2D eigenvalue weighted by Gasteiger charge is 2.14. The Kier molecular flexibility index (Phi) is 10.0. The molecule has 20 heavy (non-hydrogen) atoms. The normalized spacial score (nSPS) is 10.1. The van der Waals surface area contributed by atoms with E-state index in [0.29, 0.717) is 12.0 Å². The molecule has 0 saturated heterocycles. The zero-order valence-corrected chi connectivity index (χ0v) is 12.8. The van der Waals surface area contributed by atoms with E-state index in [9.17, 15) is 4.79 Å². The number of hydrogen-bond acceptors (Lipinski definition) is 2. The fourth-order valence-corrected chi connectivity index (χ4v) is 2.11. The minimum atomic E-state index is -0.893. The molecular formula is C15H24ClNO3. The van der Waals surface area contributed by atoms with Crippen molar-refractivity contribution in [2.75, 3.05) is 6.61 Å². The number of carboxylic acid groups (broad SMARTS) is 1. The van der Waals surface area contributed by atoms with Gasteiger partial charge in [0.2, 0.25) is 0 Å². The van der Waals surface area contributed by atoms with Crippen LogP contribution in [0.15, 0.2) is 18.3 Å². The summed E-state index contributed by atoms with van der Waals surface area (Å²) in [4.78, 5) is 11.0. The predicted molar refractivity (Wildman–Crippen MR) is 73.1 cm³/mol. The van der Waals surface area contributed by atoms with Crippen molar-refractivity contribution in [2.45, 2.75) is 52.0 Å². The van der Waals surface area contributed by atoms with Crippen LogP contribution in [-0.4, -0.2) is 22.8 Å². The van der Waals surface area contributed by atoms with Gasteiger partial charge in [-0.1, -0.05) is 19.8 Å². The first kappa shape index (κ1) is 18.9. The zero-order chi connectivity index (χ0) is 14.1. The highest BCUT2D eigenvalue weighted by atomic mass is 35.5. The second-order valence-corrected chi connectivity index (χ2v) is 4.80. The van der Waals surface area contributed by atoms with Gasteiger partial charge in [-0.3, -0.25) is 0 Å². The van der Waals surface area contributed by atoms with Gasteiger partial charge in [0.15, 0.2) is 11.9 Å². The third-order valence-corrected chi connectivity index (χ3v) is 3.21. The molecule has 1 rings (SSSR count). The second kappa shape index (κ2) is 10.6. The molecule has 0 aliphatic carbocycles. The van der Waals surface area contributed by atoms with Crippen LogP contribution in [0.2, 0.25) is 0 Å². The molecule has 1 aromatic rings. The van der Waals surface area contributed by atoms with Gasteiger partial charge in [-0.15, -0.1) is 0 Å². The van der Waals surface area contributed by atoms with Crippen LogP contribution in [0.25, 0.3) is 0 Å². The summed E-state index contributed by atoms with van der Waals surface area (Å²) in [6.07, 6.45) is 7.84. The second-order valence-electron chi connectivity index (χ2n) is 4.80. The van der Waals surface area contributed by atoms with Crippen molar-refractivity contribution in [2.24, 2.45) is 0 Å². The first-order valence-corrected chi connectivity index (χ1v) is 7.05. The Bertz CT molecular complexity index is 410. The molecule has 1 heterocycles. The van der Waals surface area contributed by atoms with Crippen molar-refractivity contribution in [3.8, 4) is 0 Å². The number of aromatic nitrogens is 1. The average molecular weight is 302 g/mol. The van der Waals surface area contributed by atoms with Crippen molar-refractivity contribution in [3.05, 3.63) is 29.6 Å². The van der Waals surface area contributed by atoms with Gasteiger partial charge >= 0.3 is 5.97 Å². The van der Waals surface area contributed by atoms with Gasteiger partial charge in [0.1, 0.15) is 12.1 Å². The molecule has 0 amide bonds. The lowest BCUT2D eigenvalue weighted by Crippen LogP contribution is -3.00. The van der Waals surface area contributed by atoms with E-state index < -0.39 is 5.97 Å². The van der Waals surface area contributed by atoms with E-state index in [1.165, 1.54) is 19.3 Å². The number of aliphatic hydroxyl groups excluding tert-OH is 1. The Balaban J connectivity index is 0.00000361. The van der Waals surface area contributed by atoms with Gasteiger partial charge < -0.3 is 22.6 Å². The molecule has 0 unspecified atom stereocenters. The first-order valence-electron chi connectivity index (χ1n) is 7.05. The van der Waals surface area contributed by atoms with Crippen molar-refractivity contribution in [1.29, 1.82) is 0 Å². The summed E-state index contributed by atoms with van der Waals surface area (Å²) < 4.78 is 2.02. The summed E-state index contributed by atoms with van der Waals surface area (Å²) in [5.41, 5.74) is 1.42. The molecular weight excluding hydrogens is 278 g/mol. The Morgan fingerprint density at radius 3 is 2.55 bits per heavy atom. The first-order chi connectivity index (χ1) is 9.19. The highest BCUT2D eigenvalue weighted by Crippen LogP contribution is 2.04. The minimum Gasteiger partial charge on any atom is -1.00 e. The number of pyridine rings is 1. The van der Waals surface area contributed by atoms with Crippen LogP contribution in [0, 0.1) is 0 Å². The molecule has 0 spiro atoms. The number of unbranched alkanes of at least 4 members (excludes halogenated alkanes) is 3. The standard InChI is InChI=1S/C15H23NO3.ClH/c1-2-3-4-5-10-16-12-13(15(18)19)8-9-14(16)7-6-11-17;/h8-9,12,17H,2-7,10-11H2,1H3;1H. The van der Waals surface area contributed by atoms with E-state index in [-0.39, 0.29) is 19.0 Å². The molecule has 0 aromatic carbocycles. The highest BCUT2D eigenvalue weighted by molar-refractivity contribution is 5.86. The molecule has 0 bridgehead atoms. The van der Waals surface area contributed by atoms with Crippen LogP contribution in [-0.2, 0) is 13.0 Å². The van der Waals surface area contributed by atoms with Crippen LogP contribution < -0.4 is 17.0 Å². The largest absolute Gasteiger partial charge is 1.00 e. The molecule has 5 heteroatoms. The average Bonchev–Trinajstić information content (AvgIpc) is 2.41. The van der Waals surface area contributed by atoms with Gasteiger partial charge in [0.25, 0.3) is 0 Å². The Hall–Kier alpha value is -1.13. The fourth-order valence-electron chi connectivity index (χ4n) is 2.11. The lowest BCUT2D eigenvalue weighted by Gasteiger charge is -2.05. The predicted octanol–water partition coefficient (Wildman–Crippen LogP) is -0.818. The number of halogens is 1.